The van der Waals surface area contributed by atoms with Crippen molar-refractivity contribution < 1.29 is 0 Å². The predicted molar refractivity (Wildman–Crippen MR) is 60.2 cm³/mol. The lowest BCUT2D eigenvalue weighted by atomic mass is 10.2. The van der Waals surface area contributed by atoms with Crippen molar-refractivity contribution in [2.24, 2.45) is 0 Å². The average Bonchev–Trinajstić information content (AvgIpc) is 2.61. The molecule has 0 atom stereocenters. The van der Waals surface area contributed by atoms with Gasteiger partial charge in [0.1, 0.15) is 5.69 Å². The number of nitrogens with zero attached hydrogens (tertiary/aromatic N) is 3. The summed E-state index contributed by atoms with van der Waals surface area (Å²) in [4.78, 5) is 4.23. The highest BCUT2D eigenvalue weighted by Gasteiger charge is 2.08. The summed E-state index contributed by atoms with van der Waals surface area (Å²) < 4.78 is 1.86. The molecule has 2 rings (SSSR count). The van der Waals surface area contributed by atoms with Gasteiger partial charge in [-0.15, -0.1) is 0 Å². The van der Waals surface area contributed by atoms with Gasteiger partial charge in [0.15, 0.2) is 0 Å². The summed E-state index contributed by atoms with van der Waals surface area (Å²) in [5.41, 5.74) is 8.15. The molecule has 0 aliphatic rings. The van der Waals surface area contributed by atoms with E-state index in [1.807, 2.05) is 29.1 Å². The SMILES string of the molecule is CCCn1cc(N)c(-c2ccccn2)n1. The number of aromatic nitrogens is 3. The number of aryl methyl sites for hydroxylation is 1. The molecule has 0 amide bonds. The van der Waals surface area contributed by atoms with E-state index >= 15 is 0 Å². The van der Waals surface area contributed by atoms with Gasteiger partial charge in [0, 0.05) is 18.9 Å². The summed E-state index contributed by atoms with van der Waals surface area (Å²) >= 11 is 0. The Morgan fingerprint density at radius 1 is 1.40 bits per heavy atom. The number of nitrogens with two attached hydrogens (primary N) is 1. The van der Waals surface area contributed by atoms with Crippen molar-refractivity contribution in [2.45, 2.75) is 19.9 Å². The molecule has 4 heteroatoms. The minimum Gasteiger partial charge on any atom is -0.396 e. The van der Waals surface area contributed by atoms with E-state index < -0.39 is 0 Å². The van der Waals surface area contributed by atoms with Gasteiger partial charge in [-0.05, 0) is 18.6 Å². The Morgan fingerprint density at radius 3 is 2.93 bits per heavy atom. The second kappa shape index (κ2) is 4.13. The first-order valence-electron chi connectivity index (χ1n) is 5.05. The molecule has 15 heavy (non-hydrogen) atoms. The van der Waals surface area contributed by atoms with E-state index in [0.29, 0.717) is 5.69 Å². The van der Waals surface area contributed by atoms with Crippen molar-refractivity contribution in [2.75, 3.05) is 5.73 Å². The number of pyridine rings is 1. The molecule has 0 aliphatic heterocycles. The van der Waals surface area contributed by atoms with Crippen molar-refractivity contribution in [3.05, 3.63) is 30.6 Å². The second-order valence-corrected chi connectivity index (χ2v) is 3.41. The normalized spacial score (nSPS) is 10.5. The molecule has 0 saturated carbocycles. The number of hydrogen-bond acceptors (Lipinski definition) is 3. The Morgan fingerprint density at radius 2 is 2.27 bits per heavy atom. The number of anilines is 1. The van der Waals surface area contributed by atoms with Crippen LogP contribution in [-0.4, -0.2) is 14.8 Å². The van der Waals surface area contributed by atoms with Crippen LogP contribution in [0.3, 0.4) is 0 Å². The smallest absolute Gasteiger partial charge is 0.134 e. The van der Waals surface area contributed by atoms with Crippen LogP contribution >= 0.6 is 0 Å². The molecule has 0 saturated heterocycles. The minimum atomic E-state index is 0.683. The first-order valence-corrected chi connectivity index (χ1v) is 5.05. The maximum absolute atomic E-state index is 5.88. The second-order valence-electron chi connectivity index (χ2n) is 3.41. The van der Waals surface area contributed by atoms with E-state index in [1.165, 1.54) is 0 Å². The summed E-state index contributed by atoms with van der Waals surface area (Å²) in [7, 11) is 0. The van der Waals surface area contributed by atoms with Crippen LogP contribution in [0.15, 0.2) is 30.6 Å². The Bertz CT molecular complexity index is 433. The molecule has 2 heterocycles. The number of hydrogen-bond donors (Lipinski definition) is 1. The Balaban J connectivity index is 2.36. The summed E-state index contributed by atoms with van der Waals surface area (Å²) in [6.07, 6.45) is 4.64. The fourth-order valence-corrected chi connectivity index (χ4v) is 1.48. The molecule has 78 valence electrons. The van der Waals surface area contributed by atoms with Crippen LogP contribution < -0.4 is 5.73 Å². The molecule has 0 bridgehead atoms. The predicted octanol–water partition coefficient (Wildman–Crippen LogP) is 1.94. The van der Waals surface area contributed by atoms with Crippen molar-refractivity contribution in [1.29, 1.82) is 0 Å². The fourth-order valence-electron chi connectivity index (χ4n) is 1.48. The molecule has 0 unspecified atom stereocenters. The van der Waals surface area contributed by atoms with Crippen molar-refractivity contribution in [1.82, 2.24) is 14.8 Å². The molecule has 0 radical (unpaired) electrons. The van der Waals surface area contributed by atoms with Crippen LogP contribution in [0.5, 0.6) is 0 Å². The Labute approximate surface area is 88.8 Å². The van der Waals surface area contributed by atoms with Gasteiger partial charge in [-0.25, -0.2) is 0 Å². The molecule has 0 aliphatic carbocycles. The highest BCUT2D eigenvalue weighted by atomic mass is 15.3. The molecular weight excluding hydrogens is 188 g/mol. The van der Waals surface area contributed by atoms with Gasteiger partial charge < -0.3 is 5.73 Å². The maximum atomic E-state index is 5.88. The largest absolute Gasteiger partial charge is 0.396 e. The topological polar surface area (TPSA) is 56.7 Å². The highest BCUT2D eigenvalue weighted by Crippen LogP contribution is 2.21. The van der Waals surface area contributed by atoms with E-state index in [4.69, 9.17) is 5.73 Å². The van der Waals surface area contributed by atoms with Crippen LogP contribution in [0.2, 0.25) is 0 Å². The third-order valence-electron chi connectivity index (χ3n) is 2.15. The third kappa shape index (κ3) is 1.98. The lowest BCUT2D eigenvalue weighted by molar-refractivity contribution is 0.604. The molecule has 4 nitrogen and oxygen atoms in total. The van der Waals surface area contributed by atoms with Crippen LogP contribution in [0.4, 0.5) is 5.69 Å². The van der Waals surface area contributed by atoms with E-state index in [2.05, 4.69) is 17.0 Å². The van der Waals surface area contributed by atoms with E-state index in [0.717, 1.165) is 24.4 Å². The summed E-state index contributed by atoms with van der Waals surface area (Å²) in [6, 6.07) is 5.72. The highest BCUT2D eigenvalue weighted by molar-refractivity contribution is 5.68. The fraction of sp³-hybridized carbons (Fsp3) is 0.273. The average molecular weight is 202 g/mol. The van der Waals surface area contributed by atoms with Gasteiger partial charge in [0.05, 0.1) is 11.4 Å². The first-order chi connectivity index (χ1) is 7.31. The molecule has 2 aromatic rings. The monoisotopic (exact) mass is 202 g/mol. The molecule has 0 spiro atoms. The standard InChI is InChI=1S/C11H14N4/c1-2-7-15-8-9(12)11(14-15)10-5-3-4-6-13-10/h3-6,8H,2,7,12H2,1H3. The zero-order valence-electron chi connectivity index (χ0n) is 8.72. The quantitative estimate of drug-likeness (QED) is 0.827. The van der Waals surface area contributed by atoms with Crippen molar-refractivity contribution >= 4 is 5.69 Å². The third-order valence-corrected chi connectivity index (χ3v) is 2.15. The summed E-state index contributed by atoms with van der Waals surface area (Å²) in [6.45, 7) is 3.00. The summed E-state index contributed by atoms with van der Waals surface area (Å²) in [5.74, 6) is 0. The van der Waals surface area contributed by atoms with Crippen LogP contribution in [0, 0.1) is 0 Å². The minimum absolute atomic E-state index is 0.683. The number of nitrogen functional groups attached to an aromatic ring is 1. The maximum Gasteiger partial charge on any atom is 0.134 e. The van der Waals surface area contributed by atoms with Crippen molar-refractivity contribution in [3.63, 3.8) is 0 Å². The van der Waals surface area contributed by atoms with Crippen LogP contribution in [-0.2, 0) is 6.54 Å². The summed E-state index contributed by atoms with van der Waals surface area (Å²) in [5, 5.41) is 4.40. The molecule has 0 fully saturated rings. The Kier molecular flexibility index (Phi) is 2.67. The first kappa shape index (κ1) is 9.71. The zero-order valence-corrected chi connectivity index (χ0v) is 8.72. The van der Waals surface area contributed by atoms with Gasteiger partial charge >= 0.3 is 0 Å². The van der Waals surface area contributed by atoms with E-state index in [1.54, 1.807) is 6.20 Å². The Hall–Kier alpha value is -1.84. The van der Waals surface area contributed by atoms with Gasteiger partial charge in [0.2, 0.25) is 0 Å². The van der Waals surface area contributed by atoms with E-state index in [-0.39, 0.29) is 0 Å². The van der Waals surface area contributed by atoms with Gasteiger partial charge in [-0.3, -0.25) is 9.67 Å². The van der Waals surface area contributed by atoms with Crippen LogP contribution in [0.1, 0.15) is 13.3 Å². The van der Waals surface area contributed by atoms with E-state index in [9.17, 15) is 0 Å². The molecule has 2 N–H and O–H groups in total. The molecule has 2 aromatic heterocycles. The van der Waals surface area contributed by atoms with Crippen LogP contribution in [0.25, 0.3) is 11.4 Å². The molecular formula is C11H14N4. The lowest BCUT2D eigenvalue weighted by Gasteiger charge is -1.96. The van der Waals surface area contributed by atoms with Crippen molar-refractivity contribution in [3.8, 4) is 11.4 Å². The zero-order chi connectivity index (χ0) is 10.7. The van der Waals surface area contributed by atoms with Gasteiger partial charge in [0.25, 0.3) is 0 Å². The van der Waals surface area contributed by atoms with Gasteiger partial charge in [-0.1, -0.05) is 13.0 Å². The number of rotatable bonds is 3. The van der Waals surface area contributed by atoms with Gasteiger partial charge in [-0.2, -0.15) is 5.10 Å². The molecule has 0 aromatic carbocycles. The lowest BCUT2D eigenvalue weighted by Crippen LogP contribution is -1.97.